The van der Waals surface area contributed by atoms with Crippen LogP contribution in [0.15, 0.2) is 35.2 Å². The zero-order valence-corrected chi connectivity index (χ0v) is 13.3. The molecular weight excluding hydrogens is 282 g/mol. The first-order valence-electron chi connectivity index (χ1n) is 7.85. The number of carbonyl (C=O) groups excluding carboxylic acids is 1. The summed E-state index contributed by atoms with van der Waals surface area (Å²) in [5.41, 5.74) is -0.682. The molecule has 1 aliphatic rings. The predicted octanol–water partition coefficient (Wildman–Crippen LogP) is 3.37. The summed E-state index contributed by atoms with van der Waals surface area (Å²) in [5.74, 6) is 0.810. The number of hydrogen-bond donors (Lipinski definition) is 2. The van der Waals surface area contributed by atoms with Gasteiger partial charge in [0.15, 0.2) is 0 Å². The highest BCUT2D eigenvalue weighted by molar-refractivity contribution is 7.99. The molecule has 0 aromatic heterocycles. The number of thioether (sulfide) groups is 1. The van der Waals surface area contributed by atoms with Gasteiger partial charge >= 0.3 is 0 Å². The average Bonchev–Trinajstić information content (AvgIpc) is 2.72. The molecule has 0 unspecified atom stereocenters. The average molecular weight is 307 g/mol. The van der Waals surface area contributed by atoms with E-state index in [1.807, 2.05) is 18.2 Å². The third kappa shape index (κ3) is 6.10. The van der Waals surface area contributed by atoms with Crippen LogP contribution in [0.2, 0.25) is 0 Å². The molecule has 0 saturated heterocycles. The first-order valence-corrected chi connectivity index (χ1v) is 8.83. The second-order valence-electron chi connectivity index (χ2n) is 5.83. The molecule has 0 atom stereocenters. The van der Waals surface area contributed by atoms with E-state index in [4.69, 9.17) is 0 Å². The van der Waals surface area contributed by atoms with Crippen molar-refractivity contribution in [2.75, 3.05) is 12.3 Å². The van der Waals surface area contributed by atoms with Crippen molar-refractivity contribution in [3.05, 3.63) is 30.3 Å². The Morgan fingerprint density at radius 3 is 2.48 bits per heavy atom. The molecule has 1 fully saturated rings. The Balaban J connectivity index is 1.65. The van der Waals surface area contributed by atoms with Gasteiger partial charge in [0.2, 0.25) is 5.91 Å². The van der Waals surface area contributed by atoms with Crippen LogP contribution in [-0.4, -0.2) is 28.9 Å². The molecule has 0 aliphatic heterocycles. The smallest absolute Gasteiger partial charge is 0.220 e. The summed E-state index contributed by atoms with van der Waals surface area (Å²) in [6.45, 7) is 0.405. The van der Waals surface area contributed by atoms with Gasteiger partial charge in [0.1, 0.15) is 0 Å². The van der Waals surface area contributed by atoms with E-state index in [1.165, 1.54) is 17.7 Å². The normalized spacial score (nSPS) is 18.0. The van der Waals surface area contributed by atoms with Crippen molar-refractivity contribution < 1.29 is 9.90 Å². The summed E-state index contributed by atoms with van der Waals surface area (Å²) >= 11 is 1.69. The summed E-state index contributed by atoms with van der Waals surface area (Å²) < 4.78 is 0. The number of benzene rings is 1. The first kappa shape index (κ1) is 16.4. The van der Waals surface area contributed by atoms with Crippen molar-refractivity contribution in [2.45, 2.75) is 55.4 Å². The Morgan fingerprint density at radius 2 is 1.81 bits per heavy atom. The monoisotopic (exact) mass is 307 g/mol. The number of hydrogen-bond acceptors (Lipinski definition) is 3. The van der Waals surface area contributed by atoms with Gasteiger partial charge in [-0.15, -0.1) is 11.8 Å². The van der Waals surface area contributed by atoms with Crippen LogP contribution >= 0.6 is 11.8 Å². The maximum absolute atomic E-state index is 11.9. The third-order valence-corrected chi connectivity index (χ3v) is 5.00. The molecule has 1 aromatic carbocycles. The quantitative estimate of drug-likeness (QED) is 0.626. The Hall–Kier alpha value is -1.00. The van der Waals surface area contributed by atoms with Gasteiger partial charge in [-0.1, -0.05) is 43.9 Å². The molecule has 21 heavy (non-hydrogen) atoms. The maximum Gasteiger partial charge on any atom is 0.220 e. The molecule has 2 N–H and O–H groups in total. The fraction of sp³-hybridized carbons (Fsp3) is 0.588. The Bertz CT molecular complexity index is 428. The van der Waals surface area contributed by atoms with E-state index in [9.17, 15) is 9.90 Å². The van der Waals surface area contributed by atoms with Crippen LogP contribution in [-0.2, 0) is 4.79 Å². The lowest BCUT2D eigenvalue weighted by molar-refractivity contribution is -0.122. The van der Waals surface area contributed by atoms with Crippen LogP contribution in [0, 0.1) is 0 Å². The summed E-state index contributed by atoms with van der Waals surface area (Å²) in [7, 11) is 0. The second kappa shape index (κ2) is 8.44. The van der Waals surface area contributed by atoms with Crippen LogP contribution in [0.1, 0.15) is 44.9 Å². The van der Waals surface area contributed by atoms with Crippen LogP contribution in [0.25, 0.3) is 0 Å². The lowest BCUT2D eigenvalue weighted by atomic mass is 9.94. The highest BCUT2D eigenvalue weighted by Gasteiger charge is 2.28. The van der Waals surface area contributed by atoms with E-state index in [-0.39, 0.29) is 5.91 Å². The number of amides is 1. The highest BCUT2D eigenvalue weighted by Crippen LogP contribution is 2.26. The lowest BCUT2D eigenvalue weighted by Crippen LogP contribution is -2.42. The van der Waals surface area contributed by atoms with Crippen LogP contribution in [0.3, 0.4) is 0 Å². The molecule has 0 radical (unpaired) electrons. The molecule has 4 heteroatoms. The SMILES string of the molecule is O=C(CCSc1ccccc1)NCC1(O)CCCCCC1. The van der Waals surface area contributed by atoms with Crippen molar-refractivity contribution >= 4 is 17.7 Å². The molecule has 0 spiro atoms. The van der Waals surface area contributed by atoms with Crippen LogP contribution in [0.4, 0.5) is 0 Å². The molecule has 2 rings (SSSR count). The maximum atomic E-state index is 11.9. The zero-order chi connectivity index (χ0) is 15.0. The topological polar surface area (TPSA) is 49.3 Å². The minimum atomic E-state index is -0.682. The number of rotatable bonds is 6. The molecule has 0 bridgehead atoms. The summed E-state index contributed by atoms with van der Waals surface area (Å²) in [4.78, 5) is 13.1. The fourth-order valence-corrected chi connectivity index (χ4v) is 3.57. The van der Waals surface area contributed by atoms with Crippen molar-refractivity contribution in [3.8, 4) is 0 Å². The highest BCUT2D eigenvalue weighted by atomic mass is 32.2. The van der Waals surface area contributed by atoms with E-state index in [1.54, 1.807) is 11.8 Å². The van der Waals surface area contributed by atoms with E-state index < -0.39 is 5.60 Å². The Labute approximate surface area is 131 Å². The molecule has 1 saturated carbocycles. The number of nitrogens with one attached hydrogen (secondary N) is 1. The summed E-state index contributed by atoms with van der Waals surface area (Å²) in [5, 5.41) is 13.4. The molecule has 116 valence electrons. The predicted molar refractivity (Wildman–Crippen MR) is 87.4 cm³/mol. The van der Waals surface area contributed by atoms with E-state index in [2.05, 4.69) is 17.4 Å². The van der Waals surface area contributed by atoms with Crippen LogP contribution < -0.4 is 5.32 Å². The zero-order valence-electron chi connectivity index (χ0n) is 12.5. The standard InChI is InChI=1S/C17H25NO2S/c19-16(10-13-21-15-8-4-3-5-9-15)18-14-17(20)11-6-1-2-7-12-17/h3-5,8-9,20H,1-2,6-7,10-14H2,(H,18,19). The fourth-order valence-electron chi connectivity index (χ4n) is 2.69. The molecule has 1 aromatic rings. The van der Waals surface area contributed by atoms with Gasteiger partial charge in [0.05, 0.1) is 5.60 Å². The molecule has 0 heterocycles. The first-order chi connectivity index (χ1) is 10.2. The second-order valence-corrected chi connectivity index (χ2v) is 7.00. The molecule has 3 nitrogen and oxygen atoms in total. The van der Waals surface area contributed by atoms with Crippen molar-refractivity contribution in [1.82, 2.24) is 5.32 Å². The Kier molecular flexibility index (Phi) is 6.58. The van der Waals surface area contributed by atoms with Gasteiger partial charge in [-0.2, -0.15) is 0 Å². The summed E-state index contributed by atoms with van der Waals surface area (Å²) in [6, 6.07) is 10.1. The number of aliphatic hydroxyl groups is 1. The van der Waals surface area contributed by atoms with Gasteiger partial charge in [-0.25, -0.2) is 0 Å². The molecular formula is C17H25NO2S. The summed E-state index contributed by atoms with van der Waals surface area (Å²) in [6.07, 6.45) is 6.65. The van der Waals surface area contributed by atoms with Crippen molar-refractivity contribution in [1.29, 1.82) is 0 Å². The van der Waals surface area contributed by atoms with Gasteiger partial charge in [0.25, 0.3) is 0 Å². The largest absolute Gasteiger partial charge is 0.388 e. The van der Waals surface area contributed by atoms with Crippen LogP contribution in [0.5, 0.6) is 0 Å². The van der Waals surface area contributed by atoms with E-state index in [0.29, 0.717) is 13.0 Å². The molecule has 1 amide bonds. The van der Waals surface area contributed by atoms with Gasteiger partial charge in [-0.3, -0.25) is 4.79 Å². The van der Waals surface area contributed by atoms with Crippen molar-refractivity contribution in [3.63, 3.8) is 0 Å². The number of carbonyl (C=O) groups is 1. The van der Waals surface area contributed by atoms with E-state index >= 15 is 0 Å². The van der Waals surface area contributed by atoms with E-state index in [0.717, 1.165) is 31.4 Å². The van der Waals surface area contributed by atoms with Gasteiger partial charge in [-0.05, 0) is 25.0 Å². The Morgan fingerprint density at radius 1 is 1.14 bits per heavy atom. The van der Waals surface area contributed by atoms with Gasteiger partial charge < -0.3 is 10.4 Å². The third-order valence-electron chi connectivity index (χ3n) is 3.99. The minimum Gasteiger partial charge on any atom is -0.388 e. The van der Waals surface area contributed by atoms with Gasteiger partial charge in [0, 0.05) is 23.6 Å². The van der Waals surface area contributed by atoms with Crippen molar-refractivity contribution in [2.24, 2.45) is 0 Å². The molecule has 1 aliphatic carbocycles. The minimum absolute atomic E-state index is 0.0381. The lowest BCUT2D eigenvalue weighted by Gasteiger charge is -2.26.